The number of rotatable bonds is 8. The molecule has 0 radical (unpaired) electrons. The predicted octanol–water partition coefficient (Wildman–Crippen LogP) is -3.32. The first-order valence-corrected chi connectivity index (χ1v) is 6.62. The van der Waals surface area contributed by atoms with Crippen molar-refractivity contribution in [3.63, 3.8) is 0 Å². The third-order valence-corrected chi connectivity index (χ3v) is 2.82. The first-order valence-electron chi connectivity index (χ1n) is 4.89. The first kappa shape index (κ1) is 14.6. The highest BCUT2D eigenvalue weighted by Crippen LogP contribution is 2.17. The Bertz CT molecular complexity index is 239. The van der Waals surface area contributed by atoms with Crippen LogP contribution < -0.4 is 19.8 Å². The van der Waals surface area contributed by atoms with Crippen LogP contribution in [0.15, 0.2) is 0 Å². The number of unbranched alkanes of at least 4 members (excludes halogenated alkanes) is 1. The van der Waals surface area contributed by atoms with Gasteiger partial charge in [-0.3, -0.25) is 0 Å². The fraction of sp³-hybridized carbons (Fsp3) is 0.875. The largest absolute Gasteiger partial charge is 0.807 e. The van der Waals surface area contributed by atoms with Crippen LogP contribution in [-0.2, 0) is 9.36 Å². The van der Waals surface area contributed by atoms with Gasteiger partial charge in [0.15, 0.2) is 0 Å². The lowest BCUT2D eigenvalue weighted by molar-refractivity contribution is -0.891. The van der Waals surface area contributed by atoms with Gasteiger partial charge < -0.3 is 29.2 Å². The number of carbonyl (C=O) groups is 1. The van der Waals surface area contributed by atoms with E-state index in [1.807, 2.05) is 6.92 Å². The summed E-state index contributed by atoms with van der Waals surface area (Å²) in [6, 6.07) is 0. The van der Waals surface area contributed by atoms with Crippen LogP contribution in [0.2, 0.25) is 0 Å². The maximum atomic E-state index is 10.5. The molecule has 0 amide bonds. The Balaban J connectivity index is 4.06. The van der Waals surface area contributed by atoms with Gasteiger partial charge in [0, 0.05) is 12.4 Å². The fourth-order valence-corrected chi connectivity index (χ4v) is 2.13. The molecule has 0 aliphatic heterocycles. The second kappa shape index (κ2) is 6.95. The topological polar surface area (TPSA) is 108 Å². The second-order valence-electron chi connectivity index (χ2n) is 3.49. The molecule has 0 fully saturated rings. The van der Waals surface area contributed by atoms with Crippen LogP contribution in [0.3, 0.4) is 0 Å². The van der Waals surface area contributed by atoms with Crippen molar-refractivity contribution in [2.75, 3.05) is 19.4 Å². The highest BCUT2D eigenvalue weighted by Gasteiger charge is 2.09. The van der Waals surface area contributed by atoms with Gasteiger partial charge in [0.1, 0.15) is 6.29 Å². The van der Waals surface area contributed by atoms with E-state index in [0.717, 1.165) is 12.8 Å². The van der Waals surface area contributed by atoms with Crippen LogP contribution in [0, 0.1) is 0 Å². The molecule has 1 N–H and O–H groups in total. The summed E-state index contributed by atoms with van der Waals surface area (Å²) < 4.78 is 10.5. The number of nitrogens with one attached hydrogen (secondary N) is 1. The molecular weight excluding hydrogens is 221 g/mol. The van der Waals surface area contributed by atoms with Crippen molar-refractivity contribution < 1.29 is 29.2 Å². The lowest BCUT2D eigenvalue weighted by Crippen LogP contribution is -3.12. The molecular formula is C8H16NO5P-2. The molecule has 7 heteroatoms. The maximum Gasteiger partial charge on any atom is 0.103 e. The number of quaternary nitrogens is 1. The Labute approximate surface area is 89.1 Å². The Morgan fingerprint density at radius 3 is 2.33 bits per heavy atom. The van der Waals surface area contributed by atoms with E-state index in [9.17, 15) is 24.3 Å². The highest BCUT2D eigenvalue weighted by molar-refractivity contribution is 7.48. The van der Waals surface area contributed by atoms with Crippen LogP contribution in [0.25, 0.3) is 0 Å². The van der Waals surface area contributed by atoms with Crippen LogP contribution in [0.1, 0.15) is 26.2 Å². The summed E-state index contributed by atoms with van der Waals surface area (Å²) in [6.45, 7) is 2.55. The van der Waals surface area contributed by atoms with Gasteiger partial charge >= 0.3 is 0 Å². The number of aliphatic carboxylic acids is 1. The minimum absolute atomic E-state index is 0.122. The second-order valence-corrected chi connectivity index (χ2v) is 5.03. The van der Waals surface area contributed by atoms with Crippen LogP contribution in [0.5, 0.6) is 0 Å². The highest BCUT2D eigenvalue weighted by atomic mass is 31.2. The minimum Gasteiger partial charge on any atom is -0.807 e. The van der Waals surface area contributed by atoms with Crippen molar-refractivity contribution in [3.05, 3.63) is 0 Å². The molecule has 0 saturated carbocycles. The summed E-state index contributed by atoms with van der Waals surface area (Å²) in [5, 5.41) is 10.2. The third-order valence-electron chi connectivity index (χ3n) is 1.98. The minimum atomic E-state index is -4.57. The predicted molar refractivity (Wildman–Crippen MR) is 47.7 cm³/mol. The smallest absolute Gasteiger partial charge is 0.103 e. The number of carboxylic acids is 1. The normalized spacial score (nSPS) is 13.8. The number of carbonyl (C=O) groups excluding carboxylic acids is 1. The van der Waals surface area contributed by atoms with Gasteiger partial charge in [0.25, 0.3) is 0 Å². The van der Waals surface area contributed by atoms with E-state index in [0.29, 0.717) is 11.4 Å². The average Bonchev–Trinajstić information content (AvgIpc) is 2.07. The summed E-state index contributed by atoms with van der Waals surface area (Å²) in [6.07, 6.45) is 0.887. The summed E-state index contributed by atoms with van der Waals surface area (Å²) in [7, 11) is -4.57. The number of carboxylic acid groups (broad SMARTS) is 1. The van der Waals surface area contributed by atoms with Gasteiger partial charge in [-0.2, -0.15) is 0 Å². The lowest BCUT2D eigenvalue weighted by atomic mass is 10.3. The Morgan fingerprint density at radius 2 is 1.93 bits per heavy atom. The van der Waals surface area contributed by atoms with E-state index >= 15 is 0 Å². The first-order chi connectivity index (χ1) is 6.85. The van der Waals surface area contributed by atoms with Crippen molar-refractivity contribution in [2.24, 2.45) is 0 Å². The molecule has 0 aliphatic rings. The Kier molecular flexibility index (Phi) is 6.76. The molecule has 0 aliphatic carbocycles. The zero-order valence-electron chi connectivity index (χ0n) is 8.73. The molecule has 0 spiro atoms. The van der Waals surface area contributed by atoms with E-state index < -0.39 is 19.9 Å². The molecule has 0 aromatic heterocycles. The standard InChI is InChI=1S/C8H18NO5P/c1-2-3-5-9(6-4-8(10)11)7-15(12,13)14/h2-7H2,1H3,(H,10,11)(H2,12,13,14)/p-2. The third kappa shape index (κ3) is 9.87. The molecule has 1 atom stereocenters. The van der Waals surface area contributed by atoms with Crippen molar-refractivity contribution >= 4 is 13.6 Å². The van der Waals surface area contributed by atoms with E-state index in [-0.39, 0.29) is 13.0 Å². The molecule has 6 nitrogen and oxygen atoms in total. The van der Waals surface area contributed by atoms with Gasteiger partial charge in [-0.15, -0.1) is 0 Å². The Hall–Kier alpha value is -0.420. The van der Waals surface area contributed by atoms with Crippen molar-refractivity contribution in [3.8, 4) is 0 Å². The van der Waals surface area contributed by atoms with Gasteiger partial charge in [0.05, 0.1) is 13.1 Å². The summed E-state index contributed by atoms with van der Waals surface area (Å²) >= 11 is 0. The molecule has 15 heavy (non-hydrogen) atoms. The van der Waals surface area contributed by atoms with Crippen molar-refractivity contribution in [1.82, 2.24) is 0 Å². The van der Waals surface area contributed by atoms with Crippen LogP contribution in [-0.4, -0.2) is 25.3 Å². The average molecular weight is 237 g/mol. The molecule has 0 rings (SSSR count). The van der Waals surface area contributed by atoms with Crippen molar-refractivity contribution in [2.45, 2.75) is 26.2 Å². The molecule has 0 heterocycles. The van der Waals surface area contributed by atoms with E-state index in [4.69, 9.17) is 0 Å². The number of hydrogen-bond donors (Lipinski definition) is 1. The van der Waals surface area contributed by atoms with E-state index in [2.05, 4.69) is 0 Å². The molecule has 0 bridgehead atoms. The van der Waals surface area contributed by atoms with Gasteiger partial charge in [-0.05, 0) is 14.0 Å². The zero-order valence-corrected chi connectivity index (χ0v) is 9.63. The monoisotopic (exact) mass is 237 g/mol. The molecule has 0 aromatic carbocycles. The van der Waals surface area contributed by atoms with Gasteiger partial charge in [-0.1, -0.05) is 13.3 Å². The van der Waals surface area contributed by atoms with E-state index in [1.165, 1.54) is 0 Å². The van der Waals surface area contributed by atoms with Gasteiger partial charge in [-0.25, -0.2) is 0 Å². The summed E-state index contributed by atoms with van der Waals surface area (Å²) in [5.41, 5.74) is 0. The SMILES string of the molecule is CCCC[NH+](CCC(=O)[O-])CP(=O)([O-])[O-]. The maximum absolute atomic E-state index is 10.5. The fourth-order valence-electron chi connectivity index (χ4n) is 1.26. The van der Waals surface area contributed by atoms with Crippen molar-refractivity contribution in [1.29, 1.82) is 0 Å². The van der Waals surface area contributed by atoms with Crippen LogP contribution >= 0.6 is 7.60 Å². The molecule has 90 valence electrons. The molecule has 0 saturated heterocycles. The Morgan fingerprint density at radius 1 is 1.33 bits per heavy atom. The summed E-state index contributed by atoms with van der Waals surface area (Å²) in [5.74, 6) is -1.23. The quantitative estimate of drug-likeness (QED) is 0.444. The zero-order chi connectivity index (χ0) is 11.9. The number of hydrogen-bond acceptors (Lipinski definition) is 5. The summed E-state index contributed by atoms with van der Waals surface area (Å²) in [4.78, 5) is 31.8. The van der Waals surface area contributed by atoms with Crippen LogP contribution in [0.4, 0.5) is 0 Å². The van der Waals surface area contributed by atoms with Gasteiger partial charge in [0.2, 0.25) is 0 Å². The lowest BCUT2D eigenvalue weighted by Gasteiger charge is -2.33. The molecule has 0 aromatic rings. The molecule has 1 unspecified atom stereocenters. The van der Waals surface area contributed by atoms with E-state index in [1.54, 1.807) is 0 Å².